The lowest BCUT2D eigenvalue weighted by Gasteiger charge is -2.34. The Hall–Kier alpha value is -3.23. The van der Waals surface area contributed by atoms with E-state index in [9.17, 15) is 19.5 Å². The summed E-state index contributed by atoms with van der Waals surface area (Å²) in [7, 11) is 0. The first-order valence-corrected chi connectivity index (χ1v) is 13.8. The van der Waals surface area contributed by atoms with Gasteiger partial charge in [-0.1, -0.05) is 24.3 Å². The minimum Gasteiger partial charge on any atom is -0.390 e. The van der Waals surface area contributed by atoms with Crippen LogP contribution in [0.4, 0.5) is 0 Å². The molecule has 6 rings (SSSR count). The van der Waals surface area contributed by atoms with Crippen LogP contribution in [0.3, 0.4) is 0 Å². The highest BCUT2D eigenvalue weighted by Crippen LogP contribution is 2.32. The number of fused-ring (bicyclic) bond motifs is 3. The van der Waals surface area contributed by atoms with Crippen molar-refractivity contribution >= 4 is 17.7 Å². The van der Waals surface area contributed by atoms with Crippen LogP contribution >= 0.6 is 0 Å². The smallest absolute Gasteiger partial charge is 0.254 e. The van der Waals surface area contributed by atoms with E-state index >= 15 is 0 Å². The monoisotopic (exact) mass is 516 g/mol. The highest BCUT2D eigenvalue weighted by Gasteiger charge is 2.42. The third-order valence-electron chi connectivity index (χ3n) is 8.85. The predicted octanol–water partition coefficient (Wildman–Crippen LogP) is 1.65. The first-order valence-electron chi connectivity index (χ1n) is 13.8. The van der Waals surface area contributed by atoms with Crippen LogP contribution in [-0.4, -0.2) is 101 Å². The number of hydrogen-bond acceptors (Lipinski definition) is 5. The Labute approximate surface area is 223 Å². The van der Waals surface area contributed by atoms with E-state index in [1.165, 1.54) is 11.1 Å². The maximum atomic E-state index is 13.2. The largest absolute Gasteiger partial charge is 0.390 e. The number of aliphatic hydroxyl groups is 1. The van der Waals surface area contributed by atoms with Crippen molar-refractivity contribution < 1.29 is 19.5 Å². The van der Waals surface area contributed by atoms with Gasteiger partial charge in [0, 0.05) is 88.8 Å². The number of carbonyl (C=O) groups is 3. The van der Waals surface area contributed by atoms with E-state index in [-0.39, 0.29) is 17.7 Å². The molecular weight excluding hydrogens is 480 g/mol. The second-order valence-electron chi connectivity index (χ2n) is 11.4. The molecular formula is C30H36N4O4. The number of hydrogen-bond donors (Lipinski definition) is 1. The van der Waals surface area contributed by atoms with Crippen LogP contribution in [0, 0.1) is 11.8 Å². The third kappa shape index (κ3) is 4.83. The van der Waals surface area contributed by atoms with Crippen molar-refractivity contribution in [2.45, 2.75) is 32.4 Å². The fraction of sp³-hybridized carbons (Fsp3) is 0.500. The molecule has 0 saturated carbocycles. The van der Waals surface area contributed by atoms with Gasteiger partial charge in [0.05, 0.1) is 6.10 Å². The number of rotatable bonds is 5. The standard InChI is InChI=1S/C30H36N4O4/c1-20(35)33-14-25-16-34(17-26(25)15-33)29(37)23-6-7-28-22(12-23)9-11-32(30(28)38)19-27(36)18-31-10-8-21-4-2-3-5-24(21)13-31/h2-7,12,25-27,36H,8-11,13-19H2,1H3. The van der Waals surface area contributed by atoms with Gasteiger partial charge >= 0.3 is 0 Å². The van der Waals surface area contributed by atoms with E-state index in [4.69, 9.17) is 0 Å². The molecule has 2 aromatic carbocycles. The average Bonchev–Trinajstić information content (AvgIpc) is 3.50. The lowest BCUT2D eigenvalue weighted by atomic mass is 9.95. The summed E-state index contributed by atoms with van der Waals surface area (Å²) in [5.74, 6) is 0.734. The first-order chi connectivity index (χ1) is 18.4. The Morgan fingerprint density at radius 1 is 0.895 bits per heavy atom. The minimum absolute atomic E-state index is 0.00461. The molecule has 8 nitrogen and oxygen atoms in total. The Bertz CT molecular complexity index is 1250. The molecule has 0 aliphatic carbocycles. The van der Waals surface area contributed by atoms with Crippen LogP contribution in [0.25, 0.3) is 0 Å². The number of carbonyl (C=O) groups excluding carboxylic acids is 3. The topological polar surface area (TPSA) is 84.4 Å². The Morgan fingerprint density at radius 3 is 2.32 bits per heavy atom. The Morgan fingerprint density at radius 2 is 1.58 bits per heavy atom. The van der Waals surface area contributed by atoms with Crippen molar-refractivity contribution in [3.8, 4) is 0 Å². The fourth-order valence-electron chi connectivity index (χ4n) is 6.76. The van der Waals surface area contributed by atoms with Crippen molar-refractivity contribution in [1.82, 2.24) is 19.6 Å². The molecule has 0 spiro atoms. The van der Waals surface area contributed by atoms with Gasteiger partial charge in [0.25, 0.3) is 11.8 Å². The van der Waals surface area contributed by atoms with Crippen LogP contribution in [0.5, 0.6) is 0 Å². The molecule has 0 aromatic heterocycles. The molecule has 8 heteroatoms. The van der Waals surface area contributed by atoms with Crippen molar-refractivity contribution in [1.29, 1.82) is 0 Å². The Balaban J connectivity index is 1.05. The summed E-state index contributed by atoms with van der Waals surface area (Å²) in [5, 5.41) is 10.8. The number of likely N-dealkylation sites (tertiary alicyclic amines) is 2. The molecule has 0 radical (unpaired) electrons. The number of nitrogens with zero attached hydrogens (tertiary/aromatic N) is 4. The summed E-state index contributed by atoms with van der Waals surface area (Å²) in [5.41, 5.74) is 4.85. The summed E-state index contributed by atoms with van der Waals surface area (Å²) < 4.78 is 0. The molecule has 0 bridgehead atoms. The van der Waals surface area contributed by atoms with E-state index in [1.807, 2.05) is 15.9 Å². The molecule has 3 atom stereocenters. The van der Waals surface area contributed by atoms with Crippen molar-refractivity contribution in [2.24, 2.45) is 11.8 Å². The predicted molar refractivity (Wildman–Crippen MR) is 143 cm³/mol. The van der Waals surface area contributed by atoms with Gasteiger partial charge in [-0.3, -0.25) is 19.3 Å². The molecule has 200 valence electrons. The molecule has 3 unspecified atom stereocenters. The van der Waals surface area contributed by atoms with E-state index in [1.54, 1.807) is 24.0 Å². The maximum absolute atomic E-state index is 13.2. The number of amides is 3. The number of benzene rings is 2. The molecule has 4 heterocycles. The average molecular weight is 517 g/mol. The van der Waals surface area contributed by atoms with Gasteiger partial charge in [0.15, 0.2) is 0 Å². The molecule has 38 heavy (non-hydrogen) atoms. The lowest BCUT2D eigenvalue weighted by molar-refractivity contribution is -0.128. The first kappa shape index (κ1) is 25.1. The van der Waals surface area contributed by atoms with E-state index in [2.05, 4.69) is 29.2 Å². The van der Waals surface area contributed by atoms with Crippen LogP contribution < -0.4 is 0 Å². The number of β-amino-alcohol motifs (C(OH)–C–C–N with tert-alkyl or cyclic N) is 1. The van der Waals surface area contributed by atoms with Gasteiger partial charge in [0.1, 0.15) is 0 Å². The van der Waals surface area contributed by atoms with Gasteiger partial charge < -0.3 is 19.8 Å². The van der Waals surface area contributed by atoms with Gasteiger partial charge in [-0.15, -0.1) is 0 Å². The summed E-state index contributed by atoms with van der Waals surface area (Å²) in [6.07, 6.45) is 1.04. The normalized spacial score (nSPS) is 23.7. The Kier molecular flexibility index (Phi) is 6.70. The quantitative estimate of drug-likeness (QED) is 0.654. The van der Waals surface area contributed by atoms with Crippen molar-refractivity contribution in [3.05, 3.63) is 70.3 Å². The van der Waals surface area contributed by atoms with Gasteiger partial charge in [-0.2, -0.15) is 0 Å². The zero-order chi connectivity index (χ0) is 26.4. The molecule has 2 saturated heterocycles. The maximum Gasteiger partial charge on any atom is 0.254 e. The highest BCUT2D eigenvalue weighted by atomic mass is 16.3. The summed E-state index contributed by atoms with van der Waals surface area (Å²) in [6, 6.07) is 13.9. The highest BCUT2D eigenvalue weighted by molar-refractivity contribution is 6.00. The minimum atomic E-state index is -0.611. The molecule has 4 aliphatic rings. The van der Waals surface area contributed by atoms with Crippen LogP contribution in [0.15, 0.2) is 42.5 Å². The molecule has 2 fully saturated rings. The molecule has 4 aliphatic heterocycles. The SMILES string of the molecule is CC(=O)N1CC2CN(C(=O)c3ccc4c(c3)CCN(CC(O)CN3CCc5ccccc5C3)C4=O)CC2C1. The summed E-state index contributed by atoms with van der Waals surface area (Å²) in [4.78, 5) is 46.0. The zero-order valence-electron chi connectivity index (χ0n) is 22.0. The summed E-state index contributed by atoms with van der Waals surface area (Å²) in [6.45, 7) is 7.56. The molecule has 2 aromatic rings. The number of aliphatic hydroxyl groups excluding tert-OH is 1. The zero-order valence-corrected chi connectivity index (χ0v) is 22.0. The van der Waals surface area contributed by atoms with Gasteiger partial charge in [-0.25, -0.2) is 0 Å². The third-order valence-corrected chi connectivity index (χ3v) is 8.85. The van der Waals surface area contributed by atoms with Crippen molar-refractivity contribution in [2.75, 3.05) is 52.4 Å². The fourth-order valence-corrected chi connectivity index (χ4v) is 6.76. The van der Waals surface area contributed by atoms with E-state index in [0.717, 1.165) is 38.2 Å². The summed E-state index contributed by atoms with van der Waals surface area (Å²) >= 11 is 0. The second kappa shape index (κ2) is 10.2. The van der Waals surface area contributed by atoms with Crippen LogP contribution in [0.1, 0.15) is 44.3 Å². The van der Waals surface area contributed by atoms with E-state index in [0.29, 0.717) is 62.1 Å². The molecule has 1 N–H and O–H groups in total. The second-order valence-corrected chi connectivity index (χ2v) is 11.4. The van der Waals surface area contributed by atoms with Crippen molar-refractivity contribution in [3.63, 3.8) is 0 Å². The molecule has 3 amide bonds. The van der Waals surface area contributed by atoms with E-state index < -0.39 is 6.10 Å². The van der Waals surface area contributed by atoms with Gasteiger partial charge in [0.2, 0.25) is 5.91 Å². The van der Waals surface area contributed by atoms with Crippen LogP contribution in [0.2, 0.25) is 0 Å². The van der Waals surface area contributed by atoms with Gasteiger partial charge in [-0.05, 0) is 47.7 Å². The van der Waals surface area contributed by atoms with Crippen LogP contribution in [-0.2, 0) is 24.2 Å². The lowest BCUT2D eigenvalue weighted by Crippen LogP contribution is -2.46.